The third kappa shape index (κ3) is 1.62. The molecule has 0 aromatic heterocycles. The van der Waals surface area contributed by atoms with E-state index in [2.05, 4.69) is 4.90 Å². The standard InChI is InChI=1S/C12H20N2O/c15-12(13-6-1-2-7-13)14-8-10-4-3-5-11(10)9-14/h10-11H,1-9H2. The zero-order valence-corrected chi connectivity index (χ0v) is 9.32. The van der Waals surface area contributed by atoms with E-state index in [-0.39, 0.29) is 0 Å². The Morgan fingerprint density at radius 1 is 0.867 bits per heavy atom. The summed E-state index contributed by atoms with van der Waals surface area (Å²) in [6.45, 7) is 4.06. The molecule has 3 heteroatoms. The van der Waals surface area contributed by atoms with Crippen molar-refractivity contribution in [2.45, 2.75) is 32.1 Å². The molecule has 0 spiro atoms. The van der Waals surface area contributed by atoms with Crippen molar-refractivity contribution in [3.63, 3.8) is 0 Å². The van der Waals surface area contributed by atoms with Crippen LogP contribution in [0.1, 0.15) is 32.1 Å². The first-order valence-electron chi connectivity index (χ1n) is 6.38. The van der Waals surface area contributed by atoms with Crippen LogP contribution in [0.3, 0.4) is 0 Å². The number of carbonyl (C=O) groups is 1. The fourth-order valence-corrected chi connectivity index (χ4v) is 3.50. The van der Waals surface area contributed by atoms with E-state index in [1.54, 1.807) is 0 Å². The van der Waals surface area contributed by atoms with Crippen molar-refractivity contribution in [1.29, 1.82) is 0 Å². The van der Waals surface area contributed by atoms with Gasteiger partial charge < -0.3 is 9.80 Å². The average Bonchev–Trinajstić information content (AvgIpc) is 2.92. The smallest absolute Gasteiger partial charge is 0.320 e. The molecule has 0 bridgehead atoms. The predicted octanol–water partition coefficient (Wildman–Crippen LogP) is 1.93. The maximum atomic E-state index is 12.1. The van der Waals surface area contributed by atoms with Gasteiger partial charge in [-0.2, -0.15) is 0 Å². The van der Waals surface area contributed by atoms with Gasteiger partial charge in [0.2, 0.25) is 0 Å². The van der Waals surface area contributed by atoms with Gasteiger partial charge in [-0.1, -0.05) is 6.42 Å². The van der Waals surface area contributed by atoms with Crippen molar-refractivity contribution in [3.05, 3.63) is 0 Å². The van der Waals surface area contributed by atoms with Crippen LogP contribution in [0.15, 0.2) is 0 Å². The number of amides is 2. The van der Waals surface area contributed by atoms with Crippen LogP contribution in [0.25, 0.3) is 0 Å². The van der Waals surface area contributed by atoms with Crippen molar-refractivity contribution in [2.24, 2.45) is 11.8 Å². The summed E-state index contributed by atoms with van der Waals surface area (Å²) in [4.78, 5) is 16.3. The molecule has 3 aliphatic rings. The zero-order valence-electron chi connectivity index (χ0n) is 9.32. The molecule has 0 aromatic rings. The fourth-order valence-electron chi connectivity index (χ4n) is 3.50. The third-order valence-electron chi connectivity index (χ3n) is 4.37. The van der Waals surface area contributed by atoms with Gasteiger partial charge in [-0.3, -0.25) is 0 Å². The molecule has 84 valence electrons. The van der Waals surface area contributed by atoms with Crippen LogP contribution >= 0.6 is 0 Å². The van der Waals surface area contributed by atoms with Crippen LogP contribution in [-0.4, -0.2) is 42.0 Å². The molecular weight excluding hydrogens is 188 g/mol. The summed E-state index contributed by atoms with van der Waals surface area (Å²) in [7, 11) is 0. The van der Waals surface area contributed by atoms with Gasteiger partial charge >= 0.3 is 6.03 Å². The minimum Gasteiger partial charge on any atom is -0.325 e. The molecule has 2 aliphatic heterocycles. The summed E-state index contributed by atoms with van der Waals surface area (Å²) in [6, 6.07) is 0.321. The van der Waals surface area contributed by atoms with Crippen LogP contribution in [0.2, 0.25) is 0 Å². The molecule has 2 saturated heterocycles. The Hall–Kier alpha value is -0.730. The molecule has 1 saturated carbocycles. The number of carbonyl (C=O) groups excluding carboxylic acids is 1. The van der Waals surface area contributed by atoms with Gasteiger partial charge in [-0.05, 0) is 37.5 Å². The van der Waals surface area contributed by atoms with E-state index in [1.807, 2.05) is 4.90 Å². The van der Waals surface area contributed by atoms with Gasteiger partial charge in [0, 0.05) is 26.2 Å². The largest absolute Gasteiger partial charge is 0.325 e. The van der Waals surface area contributed by atoms with E-state index in [0.29, 0.717) is 6.03 Å². The monoisotopic (exact) mass is 208 g/mol. The molecule has 1 aliphatic carbocycles. The first kappa shape index (κ1) is 9.49. The normalized spacial score (nSPS) is 34.9. The quantitative estimate of drug-likeness (QED) is 0.596. The molecule has 0 aromatic carbocycles. The van der Waals surface area contributed by atoms with Crippen molar-refractivity contribution >= 4 is 6.03 Å². The Balaban J connectivity index is 1.61. The van der Waals surface area contributed by atoms with Crippen molar-refractivity contribution in [3.8, 4) is 0 Å². The van der Waals surface area contributed by atoms with Gasteiger partial charge in [-0.25, -0.2) is 4.79 Å². The van der Waals surface area contributed by atoms with Gasteiger partial charge in [0.1, 0.15) is 0 Å². The molecule has 2 amide bonds. The molecule has 3 fully saturated rings. The van der Waals surface area contributed by atoms with Crippen molar-refractivity contribution in [2.75, 3.05) is 26.2 Å². The third-order valence-corrected chi connectivity index (χ3v) is 4.37. The van der Waals surface area contributed by atoms with Gasteiger partial charge in [0.05, 0.1) is 0 Å². The summed E-state index contributed by atoms with van der Waals surface area (Å²) in [5.74, 6) is 1.66. The summed E-state index contributed by atoms with van der Waals surface area (Å²) < 4.78 is 0. The van der Waals surface area contributed by atoms with E-state index >= 15 is 0 Å². The van der Waals surface area contributed by atoms with Gasteiger partial charge in [0.25, 0.3) is 0 Å². The van der Waals surface area contributed by atoms with E-state index < -0.39 is 0 Å². The molecule has 0 N–H and O–H groups in total. The summed E-state index contributed by atoms with van der Waals surface area (Å²) in [6.07, 6.45) is 6.50. The average molecular weight is 208 g/mol. The SMILES string of the molecule is O=C(N1CCCC1)N1CC2CCCC2C1. The minimum absolute atomic E-state index is 0.321. The first-order valence-corrected chi connectivity index (χ1v) is 6.38. The fraction of sp³-hybridized carbons (Fsp3) is 0.917. The number of hydrogen-bond acceptors (Lipinski definition) is 1. The Bertz CT molecular complexity index is 248. The molecule has 3 nitrogen and oxygen atoms in total. The molecular formula is C12H20N2O. The molecule has 0 radical (unpaired) electrons. The number of likely N-dealkylation sites (tertiary alicyclic amines) is 2. The second kappa shape index (κ2) is 3.69. The van der Waals surface area contributed by atoms with Crippen molar-refractivity contribution in [1.82, 2.24) is 9.80 Å². The number of nitrogens with zero attached hydrogens (tertiary/aromatic N) is 2. The van der Waals surface area contributed by atoms with Crippen LogP contribution in [0.4, 0.5) is 4.79 Å². The molecule has 2 heterocycles. The highest BCUT2D eigenvalue weighted by Crippen LogP contribution is 2.38. The van der Waals surface area contributed by atoms with Crippen LogP contribution in [0.5, 0.6) is 0 Å². The lowest BCUT2D eigenvalue weighted by Gasteiger charge is -2.24. The number of rotatable bonds is 0. The Morgan fingerprint density at radius 3 is 2.07 bits per heavy atom. The van der Waals surface area contributed by atoms with Gasteiger partial charge in [-0.15, -0.1) is 0 Å². The van der Waals surface area contributed by atoms with E-state index in [0.717, 1.165) is 38.0 Å². The van der Waals surface area contributed by atoms with E-state index in [1.165, 1.54) is 32.1 Å². The Kier molecular flexibility index (Phi) is 2.33. The van der Waals surface area contributed by atoms with Gasteiger partial charge in [0.15, 0.2) is 0 Å². The van der Waals surface area contributed by atoms with Crippen LogP contribution in [-0.2, 0) is 0 Å². The summed E-state index contributed by atoms with van der Waals surface area (Å²) in [5.41, 5.74) is 0. The number of hydrogen-bond donors (Lipinski definition) is 0. The number of fused-ring (bicyclic) bond motifs is 1. The lowest BCUT2D eigenvalue weighted by molar-refractivity contribution is 0.169. The second-order valence-electron chi connectivity index (χ2n) is 5.33. The highest BCUT2D eigenvalue weighted by Gasteiger charge is 2.39. The Labute approximate surface area is 91.4 Å². The lowest BCUT2D eigenvalue weighted by atomic mass is 10.0. The molecule has 2 unspecified atom stereocenters. The predicted molar refractivity (Wildman–Crippen MR) is 58.6 cm³/mol. The highest BCUT2D eigenvalue weighted by atomic mass is 16.2. The molecule has 3 rings (SSSR count). The molecule has 2 atom stereocenters. The lowest BCUT2D eigenvalue weighted by Crippen LogP contribution is -2.40. The maximum absolute atomic E-state index is 12.1. The summed E-state index contributed by atoms with van der Waals surface area (Å²) in [5, 5.41) is 0. The minimum atomic E-state index is 0.321. The topological polar surface area (TPSA) is 23.6 Å². The maximum Gasteiger partial charge on any atom is 0.320 e. The van der Waals surface area contributed by atoms with E-state index in [9.17, 15) is 4.79 Å². The van der Waals surface area contributed by atoms with Crippen molar-refractivity contribution < 1.29 is 4.79 Å². The van der Waals surface area contributed by atoms with Crippen LogP contribution in [0, 0.1) is 11.8 Å². The Morgan fingerprint density at radius 2 is 1.47 bits per heavy atom. The van der Waals surface area contributed by atoms with E-state index in [4.69, 9.17) is 0 Å². The first-order chi connectivity index (χ1) is 7.34. The highest BCUT2D eigenvalue weighted by molar-refractivity contribution is 5.75. The zero-order chi connectivity index (χ0) is 10.3. The molecule has 15 heavy (non-hydrogen) atoms. The number of urea groups is 1. The second-order valence-corrected chi connectivity index (χ2v) is 5.33. The summed E-state index contributed by atoms with van der Waals surface area (Å²) >= 11 is 0. The van der Waals surface area contributed by atoms with Crippen LogP contribution < -0.4 is 0 Å².